The fourth-order valence-electron chi connectivity index (χ4n) is 0.922. The number of allylic oxidation sites excluding steroid dienone is 1. The molecule has 0 aliphatic heterocycles. The molecule has 0 amide bonds. The standard InChI is InChI=1S/C9H6Cl2F3N/c1-4(9(12,13)14)5-2-6(10)8(15)7(11)3-5/h2-3H,1,15H2. The molecule has 6 heteroatoms. The van der Waals surface area contributed by atoms with Crippen molar-refractivity contribution in [2.75, 3.05) is 5.73 Å². The van der Waals surface area contributed by atoms with Crippen molar-refractivity contribution in [3.63, 3.8) is 0 Å². The van der Waals surface area contributed by atoms with E-state index < -0.39 is 11.7 Å². The molecule has 1 nitrogen and oxygen atoms in total. The number of halogens is 5. The van der Waals surface area contributed by atoms with Gasteiger partial charge in [-0.1, -0.05) is 29.8 Å². The Morgan fingerprint density at radius 2 is 1.60 bits per heavy atom. The number of anilines is 1. The lowest BCUT2D eigenvalue weighted by molar-refractivity contribution is -0.0686. The molecule has 0 heterocycles. The largest absolute Gasteiger partial charge is 0.416 e. The van der Waals surface area contributed by atoms with E-state index in [9.17, 15) is 13.2 Å². The van der Waals surface area contributed by atoms with E-state index in [4.69, 9.17) is 28.9 Å². The maximum absolute atomic E-state index is 12.3. The van der Waals surface area contributed by atoms with Crippen molar-refractivity contribution in [2.45, 2.75) is 6.18 Å². The van der Waals surface area contributed by atoms with Gasteiger partial charge < -0.3 is 5.73 Å². The van der Waals surface area contributed by atoms with E-state index in [1.54, 1.807) is 0 Å². The number of hydrogen-bond acceptors (Lipinski definition) is 1. The van der Waals surface area contributed by atoms with Gasteiger partial charge in [0.15, 0.2) is 0 Å². The monoisotopic (exact) mass is 255 g/mol. The summed E-state index contributed by atoms with van der Waals surface area (Å²) < 4.78 is 36.8. The van der Waals surface area contributed by atoms with Crippen molar-refractivity contribution in [1.29, 1.82) is 0 Å². The normalized spacial score (nSPS) is 11.5. The van der Waals surface area contributed by atoms with Crippen LogP contribution in [0, 0.1) is 0 Å². The van der Waals surface area contributed by atoms with Crippen LogP contribution in [-0.4, -0.2) is 6.18 Å². The summed E-state index contributed by atoms with van der Waals surface area (Å²) in [5, 5.41) is -0.0502. The Balaban J connectivity index is 3.24. The second-order valence-electron chi connectivity index (χ2n) is 2.83. The van der Waals surface area contributed by atoms with Crippen molar-refractivity contribution in [3.8, 4) is 0 Å². The van der Waals surface area contributed by atoms with Gasteiger partial charge in [0.2, 0.25) is 0 Å². The highest BCUT2D eigenvalue weighted by Crippen LogP contribution is 2.37. The van der Waals surface area contributed by atoms with Gasteiger partial charge in [0, 0.05) is 0 Å². The average Bonchev–Trinajstić information content (AvgIpc) is 2.10. The average molecular weight is 256 g/mol. The van der Waals surface area contributed by atoms with Crippen LogP contribution in [0.4, 0.5) is 18.9 Å². The Morgan fingerprint density at radius 1 is 1.20 bits per heavy atom. The molecule has 2 N–H and O–H groups in total. The summed E-state index contributed by atoms with van der Waals surface area (Å²) in [6.07, 6.45) is -4.51. The zero-order valence-corrected chi connectivity index (χ0v) is 8.84. The lowest BCUT2D eigenvalue weighted by atomic mass is 10.1. The van der Waals surface area contributed by atoms with E-state index in [2.05, 4.69) is 6.58 Å². The van der Waals surface area contributed by atoms with E-state index in [0.29, 0.717) is 0 Å². The molecule has 0 aliphatic rings. The highest BCUT2D eigenvalue weighted by molar-refractivity contribution is 6.39. The Morgan fingerprint density at radius 3 is 1.93 bits per heavy atom. The van der Waals surface area contributed by atoms with Gasteiger partial charge in [-0.2, -0.15) is 13.2 Å². The molecular formula is C9H6Cl2F3N. The molecule has 0 aromatic heterocycles. The highest BCUT2D eigenvalue weighted by atomic mass is 35.5. The third-order valence-corrected chi connectivity index (χ3v) is 2.40. The predicted octanol–water partition coefficient (Wildman–Crippen LogP) is 4.15. The predicted molar refractivity (Wildman–Crippen MR) is 56.0 cm³/mol. The molecule has 0 radical (unpaired) electrons. The Bertz CT molecular complexity index is 389. The summed E-state index contributed by atoms with van der Waals surface area (Å²) in [6, 6.07) is 2.16. The van der Waals surface area contributed by atoms with Crippen molar-refractivity contribution < 1.29 is 13.2 Å². The third-order valence-electron chi connectivity index (χ3n) is 1.77. The first-order chi connectivity index (χ1) is 6.73. The van der Waals surface area contributed by atoms with Crippen LogP contribution in [0.5, 0.6) is 0 Å². The molecule has 0 unspecified atom stereocenters. The van der Waals surface area contributed by atoms with E-state index >= 15 is 0 Å². The van der Waals surface area contributed by atoms with Crippen LogP contribution in [0.1, 0.15) is 5.56 Å². The van der Waals surface area contributed by atoms with Crippen LogP contribution < -0.4 is 5.73 Å². The highest BCUT2D eigenvalue weighted by Gasteiger charge is 2.33. The molecule has 0 spiro atoms. The molecule has 0 bridgehead atoms. The van der Waals surface area contributed by atoms with E-state index in [1.165, 1.54) is 0 Å². The van der Waals surface area contributed by atoms with E-state index in [-0.39, 0.29) is 21.3 Å². The smallest absolute Gasteiger partial charge is 0.396 e. The molecule has 0 aliphatic carbocycles. The van der Waals surface area contributed by atoms with E-state index in [0.717, 1.165) is 12.1 Å². The van der Waals surface area contributed by atoms with Crippen molar-refractivity contribution >= 4 is 34.5 Å². The van der Waals surface area contributed by atoms with Crippen molar-refractivity contribution in [3.05, 3.63) is 34.3 Å². The number of benzene rings is 1. The van der Waals surface area contributed by atoms with Gasteiger partial charge in [-0.15, -0.1) is 0 Å². The first kappa shape index (κ1) is 12.2. The topological polar surface area (TPSA) is 26.0 Å². The fourth-order valence-corrected chi connectivity index (χ4v) is 1.41. The number of alkyl halides is 3. The molecule has 1 aromatic carbocycles. The van der Waals surface area contributed by atoms with Gasteiger partial charge in [0.1, 0.15) is 0 Å². The number of nitrogen functional groups attached to an aromatic ring is 1. The molecule has 0 saturated carbocycles. The number of rotatable bonds is 1. The summed E-state index contributed by atoms with van der Waals surface area (Å²) in [4.78, 5) is 0. The fraction of sp³-hybridized carbons (Fsp3) is 0.111. The molecule has 0 fully saturated rings. The molecule has 15 heavy (non-hydrogen) atoms. The van der Waals surface area contributed by atoms with Gasteiger partial charge in [0.25, 0.3) is 0 Å². The third kappa shape index (κ3) is 2.58. The molecule has 0 saturated heterocycles. The molecule has 1 rings (SSSR count). The summed E-state index contributed by atoms with van der Waals surface area (Å²) in [5.41, 5.74) is 4.24. The summed E-state index contributed by atoms with van der Waals surface area (Å²) in [5.74, 6) is 0. The van der Waals surface area contributed by atoms with E-state index in [1.807, 2.05) is 0 Å². The van der Waals surface area contributed by atoms with Gasteiger partial charge in [-0.25, -0.2) is 0 Å². The lowest BCUT2D eigenvalue weighted by Crippen LogP contribution is -2.09. The minimum atomic E-state index is -4.51. The number of nitrogens with two attached hydrogens (primary N) is 1. The Labute approximate surface area is 94.3 Å². The quantitative estimate of drug-likeness (QED) is 0.750. The molecule has 0 atom stereocenters. The van der Waals surface area contributed by atoms with Gasteiger partial charge >= 0.3 is 6.18 Å². The first-order valence-electron chi connectivity index (χ1n) is 3.74. The maximum atomic E-state index is 12.3. The summed E-state index contributed by atoms with van der Waals surface area (Å²) in [6.45, 7) is 2.92. The van der Waals surface area contributed by atoms with Gasteiger partial charge in [-0.3, -0.25) is 0 Å². The minimum Gasteiger partial charge on any atom is -0.396 e. The second kappa shape index (κ2) is 3.94. The summed E-state index contributed by atoms with van der Waals surface area (Å²) >= 11 is 11.2. The van der Waals surface area contributed by atoms with Crippen LogP contribution in [0.25, 0.3) is 5.57 Å². The first-order valence-corrected chi connectivity index (χ1v) is 4.50. The van der Waals surface area contributed by atoms with Crippen LogP contribution in [0.2, 0.25) is 10.0 Å². The lowest BCUT2D eigenvalue weighted by Gasteiger charge is -2.12. The van der Waals surface area contributed by atoms with Crippen molar-refractivity contribution in [1.82, 2.24) is 0 Å². The zero-order chi connectivity index (χ0) is 11.8. The van der Waals surface area contributed by atoms with Crippen LogP contribution in [0.15, 0.2) is 18.7 Å². The summed E-state index contributed by atoms with van der Waals surface area (Å²) in [7, 11) is 0. The zero-order valence-electron chi connectivity index (χ0n) is 7.33. The van der Waals surface area contributed by atoms with Crippen LogP contribution in [0.3, 0.4) is 0 Å². The van der Waals surface area contributed by atoms with Gasteiger partial charge in [-0.05, 0) is 17.7 Å². The molecular weight excluding hydrogens is 250 g/mol. The Kier molecular flexibility index (Phi) is 3.21. The Hall–Kier alpha value is -0.870. The SMILES string of the molecule is C=C(c1cc(Cl)c(N)c(Cl)c1)C(F)(F)F. The van der Waals surface area contributed by atoms with Gasteiger partial charge in [0.05, 0.1) is 21.3 Å². The van der Waals surface area contributed by atoms with Crippen molar-refractivity contribution in [2.24, 2.45) is 0 Å². The van der Waals surface area contributed by atoms with Crippen LogP contribution >= 0.6 is 23.2 Å². The molecule has 1 aromatic rings. The maximum Gasteiger partial charge on any atom is 0.416 e. The van der Waals surface area contributed by atoms with Crippen LogP contribution in [-0.2, 0) is 0 Å². The minimum absolute atomic E-state index is 0.0251. The second-order valence-corrected chi connectivity index (χ2v) is 3.64. The molecule has 82 valence electrons. The number of hydrogen-bond donors (Lipinski definition) is 1.